The van der Waals surface area contributed by atoms with E-state index in [0.29, 0.717) is 6.42 Å². The molecular weight excluding hydrogens is 306 g/mol. The Labute approximate surface area is 151 Å². The van der Waals surface area contributed by atoms with Gasteiger partial charge >= 0.3 is 0 Å². The maximum atomic E-state index is 12.5. The number of hydrogen-bond donors (Lipinski definition) is 1. The van der Waals surface area contributed by atoms with Crippen LogP contribution in [0.3, 0.4) is 0 Å². The molecule has 1 amide bonds. The van der Waals surface area contributed by atoms with Crippen molar-refractivity contribution in [2.24, 2.45) is 0 Å². The van der Waals surface area contributed by atoms with Gasteiger partial charge in [-0.15, -0.1) is 0 Å². The first-order chi connectivity index (χ1) is 12.2. The van der Waals surface area contributed by atoms with E-state index >= 15 is 0 Å². The van der Waals surface area contributed by atoms with Crippen LogP contribution in [0.4, 0.5) is 0 Å². The molecule has 0 aliphatic heterocycles. The molecule has 1 aliphatic carbocycles. The Bertz CT molecular complexity index is 717. The van der Waals surface area contributed by atoms with Gasteiger partial charge in [-0.2, -0.15) is 0 Å². The Morgan fingerprint density at radius 2 is 1.64 bits per heavy atom. The van der Waals surface area contributed by atoms with E-state index < -0.39 is 0 Å². The van der Waals surface area contributed by atoms with E-state index in [1.54, 1.807) is 0 Å². The van der Waals surface area contributed by atoms with Crippen molar-refractivity contribution in [1.82, 2.24) is 5.32 Å². The summed E-state index contributed by atoms with van der Waals surface area (Å²) in [6, 6.07) is 15.3. The molecule has 0 heterocycles. The van der Waals surface area contributed by atoms with E-state index in [1.807, 2.05) is 0 Å². The van der Waals surface area contributed by atoms with Crippen LogP contribution in [-0.2, 0) is 30.5 Å². The first-order valence-corrected chi connectivity index (χ1v) is 9.68. The molecule has 1 N–H and O–H groups in total. The van der Waals surface area contributed by atoms with Gasteiger partial charge in [0.2, 0.25) is 5.91 Å². The highest BCUT2D eigenvalue weighted by atomic mass is 16.1. The molecule has 0 fully saturated rings. The number of hydrogen-bond acceptors (Lipinski definition) is 1. The first-order valence-electron chi connectivity index (χ1n) is 9.68. The largest absolute Gasteiger partial charge is 0.349 e. The monoisotopic (exact) mass is 335 g/mol. The zero-order valence-corrected chi connectivity index (χ0v) is 15.5. The molecule has 2 heteroatoms. The molecule has 0 bridgehead atoms. The zero-order valence-electron chi connectivity index (χ0n) is 15.5. The lowest BCUT2D eigenvalue weighted by molar-refractivity contribution is -0.121. The van der Waals surface area contributed by atoms with Crippen molar-refractivity contribution in [2.45, 2.75) is 64.8 Å². The highest BCUT2D eigenvalue weighted by Gasteiger charge is 2.16. The van der Waals surface area contributed by atoms with E-state index in [2.05, 4.69) is 61.6 Å². The number of amides is 1. The molecule has 0 saturated carbocycles. The summed E-state index contributed by atoms with van der Waals surface area (Å²) in [6.07, 6.45) is 7.36. The van der Waals surface area contributed by atoms with Crippen molar-refractivity contribution in [1.29, 1.82) is 0 Å². The molecule has 0 unspecified atom stereocenters. The Balaban J connectivity index is 1.65. The van der Waals surface area contributed by atoms with Crippen LogP contribution in [0.25, 0.3) is 0 Å². The third-order valence-corrected chi connectivity index (χ3v) is 5.31. The number of carbonyl (C=O) groups is 1. The molecule has 2 aromatic carbocycles. The summed E-state index contributed by atoms with van der Waals surface area (Å²) in [7, 11) is 0. The number of benzene rings is 2. The van der Waals surface area contributed by atoms with Crippen LogP contribution < -0.4 is 5.32 Å². The molecule has 1 aliphatic rings. The first kappa shape index (κ1) is 17.7. The van der Waals surface area contributed by atoms with Gasteiger partial charge in [0.1, 0.15) is 0 Å². The van der Waals surface area contributed by atoms with Crippen LogP contribution in [-0.4, -0.2) is 5.91 Å². The van der Waals surface area contributed by atoms with Crippen LogP contribution >= 0.6 is 0 Å². The average molecular weight is 335 g/mol. The number of fused-ring (bicyclic) bond motifs is 1. The predicted octanol–water partition coefficient (Wildman–Crippen LogP) is 4.94. The molecule has 2 nitrogen and oxygen atoms in total. The van der Waals surface area contributed by atoms with E-state index in [4.69, 9.17) is 0 Å². The third-order valence-electron chi connectivity index (χ3n) is 5.31. The van der Waals surface area contributed by atoms with Gasteiger partial charge in [-0.05, 0) is 66.3 Å². The van der Waals surface area contributed by atoms with Crippen LogP contribution in [0.1, 0.15) is 67.0 Å². The highest BCUT2D eigenvalue weighted by molar-refractivity contribution is 5.79. The molecule has 3 rings (SSSR count). The van der Waals surface area contributed by atoms with Crippen molar-refractivity contribution in [3.63, 3.8) is 0 Å². The van der Waals surface area contributed by atoms with Crippen molar-refractivity contribution in [2.75, 3.05) is 0 Å². The van der Waals surface area contributed by atoms with Gasteiger partial charge in [-0.1, -0.05) is 56.3 Å². The minimum atomic E-state index is 0.105. The van der Waals surface area contributed by atoms with Gasteiger partial charge < -0.3 is 5.32 Å². The third kappa shape index (κ3) is 4.50. The van der Waals surface area contributed by atoms with Crippen molar-refractivity contribution < 1.29 is 4.79 Å². The maximum Gasteiger partial charge on any atom is 0.224 e. The lowest BCUT2D eigenvalue weighted by atomic mass is 9.88. The van der Waals surface area contributed by atoms with E-state index in [0.717, 1.165) is 18.4 Å². The second-order valence-corrected chi connectivity index (χ2v) is 7.11. The van der Waals surface area contributed by atoms with Crippen molar-refractivity contribution in [3.8, 4) is 0 Å². The number of aryl methyl sites for hydroxylation is 3. The Morgan fingerprint density at radius 3 is 2.32 bits per heavy atom. The van der Waals surface area contributed by atoms with Gasteiger partial charge in [0.15, 0.2) is 0 Å². The molecule has 132 valence electrons. The predicted molar refractivity (Wildman–Crippen MR) is 104 cm³/mol. The second-order valence-electron chi connectivity index (χ2n) is 7.11. The van der Waals surface area contributed by atoms with Gasteiger partial charge in [0.25, 0.3) is 0 Å². The maximum absolute atomic E-state index is 12.5. The zero-order chi connectivity index (χ0) is 17.6. The average Bonchev–Trinajstić information content (AvgIpc) is 2.66. The summed E-state index contributed by atoms with van der Waals surface area (Å²) < 4.78 is 0. The summed E-state index contributed by atoms with van der Waals surface area (Å²) in [5.41, 5.74) is 6.61. The van der Waals surface area contributed by atoms with Gasteiger partial charge in [-0.3, -0.25) is 4.79 Å². The normalized spacial score (nSPS) is 14.6. The van der Waals surface area contributed by atoms with Gasteiger partial charge in [-0.25, -0.2) is 0 Å². The molecule has 2 aromatic rings. The van der Waals surface area contributed by atoms with Gasteiger partial charge in [0, 0.05) is 0 Å². The minimum Gasteiger partial charge on any atom is -0.349 e. The molecule has 0 spiro atoms. The fraction of sp³-hybridized carbons (Fsp3) is 0.435. The molecule has 25 heavy (non-hydrogen) atoms. The molecule has 0 aromatic heterocycles. The second kappa shape index (κ2) is 8.33. The summed E-state index contributed by atoms with van der Waals surface area (Å²) in [4.78, 5) is 12.5. The summed E-state index contributed by atoms with van der Waals surface area (Å²) in [5, 5.41) is 3.23. The smallest absolute Gasteiger partial charge is 0.224 e. The van der Waals surface area contributed by atoms with E-state index in [9.17, 15) is 4.79 Å². The van der Waals surface area contributed by atoms with Crippen molar-refractivity contribution >= 4 is 5.91 Å². The summed E-state index contributed by atoms with van der Waals surface area (Å²) in [5.74, 6) is 0.105. The number of nitrogens with one attached hydrogen (secondary N) is 1. The fourth-order valence-electron chi connectivity index (χ4n) is 3.71. The van der Waals surface area contributed by atoms with E-state index in [1.165, 1.54) is 47.9 Å². The topological polar surface area (TPSA) is 29.1 Å². The lowest BCUT2D eigenvalue weighted by Crippen LogP contribution is -2.29. The Hall–Kier alpha value is -2.09. The lowest BCUT2D eigenvalue weighted by Gasteiger charge is -2.22. The highest BCUT2D eigenvalue weighted by Crippen LogP contribution is 2.26. The summed E-state index contributed by atoms with van der Waals surface area (Å²) >= 11 is 0. The van der Waals surface area contributed by atoms with Gasteiger partial charge in [0.05, 0.1) is 12.5 Å². The molecule has 0 saturated heterocycles. The molecule has 1 atom stereocenters. The number of rotatable bonds is 6. The van der Waals surface area contributed by atoms with Crippen LogP contribution in [0.2, 0.25) is 0 Å². The Morgan fingerprint density at radius 1 is 0.960 bits per heavy atom. The number of carbonyl (C=O) groups excluding carboxylic acids is 1. The fourth-order valence-corrected chi connectivity index (χ4v) is 3.71. The SMILES string of the molecule is CCc1ccc(CC(=O)N[C@@H](CC)c2ccc3c(c2)CCCC3)cc1. The summed E-state index contributed by atoms with van der Waals surface area (Å²) in [6.45, 7) is 4.28. The van der Waals surface area contributed by atoms with E-state index in [-0.39, 0.29) is 11.9 Å². The van der Waals surface area contributed by atoms with Crippen LogP contribution in [0.5, 0.6) is 0 Å². The standard InChI is InChI=1S/C23H29NO/c1-3-17-9-11-18(12-10-17)15-23(25)24-22(4-2)21-14-13-19-7-5-6-8-20(19)16-21/h9-14,16,22H,3-8,15H2,1-2H3,(H,24,25)/t22-/m0/s1. The molecular formula is C23H29NO. The van der Waals surface area contributed by atoms with Crippen LogP contribution in [0.15, 0.2) is 42.5 Å². The van der Waals surface area contributed by atoms with Crippen LogP contribution in [0, 0.1) is 0 Å². The van der Waals surface area contributed by atoms with Crippen molar-refractivity contribution in [3.05, 3.63) is 70.3 Å². The molecule has 0 radical (unpaired) electrons. The Kier molecular flexibility index (Phi) is 5.91. The minimum absolute atomic E-state index is 0.105. The quantitative estimate of drug-likeness (QED) is 0.796.